The first-order chi connectivity index (χ1) is 9.28. The van der Waals surface area contributed by atoms with Gasteiger partial charge >= 0.3 is 0 Å². The van der Waals surface area contributed by atoms with E-state index in [1.54, 1.807) is 0 Å². The molecule has 1 aromatic heterocycles. The summed E-state index contributed by atoms with van der Waals surface area (Å²) >= 11 is 0. The predicted octanol–water partition coefficient (Wildman–Crippen LogP) is 2.67. The van der Waals surface area contributed by atoms with E-state index in [-0.39, 0.29) is 5.54 Å². The molecule has 1 saturated carbocycles. The number of nitrogens with zero attached hydrogens (tertiary/aromatic N) is 2. The van der Waals surface area contributed by atoms with Crippen molar-refractivity contribution in [2.75, 3.05) is 6.54 Å². The van der Waals surface area contributed by atoms with Crippen molar-refractivity contribution in [2.24, 2.45) is 5.92 Å². The van der Waals surface area contributed by atoms with E-state index in [1.807, 2.05) is 10.9 Å². The largest absolute Gasteiger partial charge is 0.389 e. The lowest BCUT2D eigenvalue weighted by Gasteiger charge is -2.35. The normalized spacial score (nSPS) is 27.8. The molecule has 1 aliphatic carbocycles. The fourth-order valence-corrected chi connectivity index (χ4v) is 2.73. The zero-order valence-electron chi connectivity index (χ0n) is 13.3. The van der Waals surface area contributed by atoms with Crippen molar-refractivity contribution in [3.63, 3.8) is 0 Å². The molecule has 0 aliphatic heterocycles. The van der Waals surface area contributed by atoms with Crippen molar-refractivity contribution in [1.29, 1.82) is 0 Å². The number of aliphatic hydroxyl groups is 1. The van der Waals surface area contributed by atoms with Crippen molar-refractivity contribution in [3.05, 3.63) is 18.0 Å². The Labute approximate surface area is 122 Å². The van der Waals surface area contributed by atoms with E-state index in [9.17, 15) is 5.11 Å². The smallest absolute Gasteiger partial charge is 0.0771 e. The van der Waals surface area contributed by atoms with Gasteiger partial charge in [-0.2, -0.15) is 5.10 Å². The molecular formula is C16H29N3O. The van der Waals surface area contributed by atoms with Crippen molar-refractivity contribution in [1.82, 2.24) is 15.1 Å². The maximum Gasteiger partial charge on any atom is 0.0771 e. The standard InChI is InChI=1S/C16H29N3O/c1-13-5-7-16(20,8-6-13)12-17-9-14-10-18-19(11-14)15(2,3)4/h10-11,13,17,20H,5-9,12H2,1-4H3. The van der Waals surface area contributed by atoms with E-state index in [4.69, 9.17) is 0 Å². The summed E-state index contributed by atoms with van der Waals surface area (Å²) in [5, 5.41) is 18.3. The van der Waals surface area contributed by atoms with Crippen LogP contribution in [-0.4, -0.2) is 27.0 Å². The second-order valence-corrected chi connectivity index (χ2v) is 7.47. The maximum absolute atomic E-state index is 10.5. The van der Waals surface area contributed by atoms with Crippen LogP contribution in [0.2, 0.25) is 0 Å². The van der Waals surface area contributed by atoms with E-state index < -0.39 is 5.60 Å². The number of nitrogens with one attached hydrogen (secondary N) is 1. The van der Waals surface area contributed by atoms with Gasteiger partial charge in [-0.15, -0.1) is 0 Å². The summed E-state index contributed by atoms with van der Waals surface area (Å²) in [5.74, 6) is 0.764. The minimum absolute atomic E-state index is 0.0238. The van der Waals surface area contributed by atoms with E-state index in [2.05, 4.69) is 44.3 Å². The van der Waals surface area contributed by atoms with Gasteiger partial charge in [-0.3, -0.25) is 4.68 Å². The Balaban J connectivity index is 1.80. The van der Waals surface area contributed by atoms with Gasteiger partial charge in [0.05, 0.1) is 17.3 Å². The Hall–Kier alpha value is -0.870. The molecule has 0 amide bonds. The molecule has 0 unspecified atom stereocenters. The van der Waals surface area contributed by atoms with Gasteiger partial charge in [-0.1, -0.05) is 6.92 Å². The van der Waals surface area contributed by atoms with Crippen LogP contribution in [0.4, 0.5) is 0 Å². The fraction of sp³-hybridized carbons (Fsp3) is 0.812. The molecule has 2 N–H and O–H groups in total. The van der Waals surface area contributed by atoms with Crippen LogP contribution in [0.5, 0.6) is 0 Å². The van der Waals surface area contributed by atoms with Gasteiger partial charge in [0.1, 0.15) is 0 Å². The summed E-state index contributed by atoms with van der Waals surface area (Å²) in [4.78, 5) is 0. The summed E-state index contributed by atoms with van der Waals surface area (Å²) < 4.78 is 1.99. The van der Waals surface area contributed by atoms with Gasteiger partial charge < -0.3 is 10.4 Å². The lowest BCUT2D eigenvalue weighted by Crippen LogP contribution is -2.43. The fourth-order valence-electron chi connectivity index (χ4n) is 2.73. The third-order valence-electron chi connectivity index (χ3n) is 4.31. The van der Waals surface area contributed by atoms with Crippen LogP contribution in [0.15, 0.2) is 12.4 Å². The highest BCUT2D eigenvalue weighted by molar-refractivity contribution is 5.05. The monoisotopic (exact) mass is 279 g/mol. The first-order valence-corrected chi connectivity index (χ1v) is 7.76. The number of aromatic nitrogens is 2. The Kier molecular flexibility index (Phi) is 4.55. The van der Waals surface area contributed by atoms with Crippen LogP contribution in [0.1, 0.15) is 58.9 Å². The molecule has 0 saturated heterocycles. The van der Waals surface area contributed by atoms with Crippen molar-refractivity contribution >= 4 is 0 Å². The van der Waals surface area contributed by atoms with Crippen LogP contribution in [-0.2, 0) is 12.1 Å². The zero-order chi connectivity index (χ0) is 14.8. The third kappa shape index (κ3) is 4.06. The van der Waals surface area contributed by atoms with E-state index >= 15 is 0 Å². The summed E-state index contributed by atoms with van der Waals surface area (Å²) in [6.45, 7) is 10.2. The number of rotatable bonds is 4. The van der Waals surface area contributed by atoms with Crippen LogP contribution in [0, 0.1) is 5.92 Å². The van der Waals surface area contributed by atoms with Gasteiger partial charge in [0.25, 0.3) is 0 Å². The first kappa shape index (κ1) is 15.5. The molecule has 0 spiro atoms. The van der Waals surface area contributed by atoms with Gasteiger partial charge in [0, 0.05) is 24.8 Å². The van der Waals surface area contributed by atoms with Crippen molar-refractivity contribution in [3.8, 4) is 0 Å². The summed E-state index contributed by atoms with van der Waals surface area (Å²) in [6, 6.07) is 0. The molecule has 2 rings (SSSR count). The Bertz CT molecular complexity index is 425. The highest BCUT2D eigenvalue weighted by atomic mass is 16.3. The van der Waals surface area contributed by atoms with Crippen LogP contribution < -0.4 is 5.32 Å². The maximum atomic E-state index is 10.5. The molecule has 1 aromatic rings. The quantitative estimate of drug-likeness (QED) is 0.891. The van der Waals surface area contributed by atoms with E-state index in [0.29, 0.717) is 6.54 Å². The highest BCUT2D eigenvalue weighted by Crippen LogP contribution is 2.31. The van der Waals surface area contributed by atoms with Gasteiger partial charge in [0.2, 0.25) is 0 Å². The summed E-state index contributed by atoms with van der Waals surface area (Å²) in [6.07, 6.45) is 8.11. The molecule has 1 aliphatic rings. The highest BCUT2D eigenvalue weighted by Gasteiger charge is 2.31. The van der Waals surface area contributed by atoms with E-state index in [0.717, 1.165) is 38.1 Å². The second kappa shape index (κ2) is 5.86. The molecule has 4 heteroatoms. The SMILES string of the molecule is CC1CCC(O)(CNCc2cnn(C(C)(C)C)c2)CC1. The molecule has 1 fully saturated rings. The molecule has 0 aromatic carbocycles. The zero-order valence-corrected chi connectivity index (χ0v) is 13.3. The minimum atomic E-state index is -0.507. The Morgan fingerprint density at radius 2 is 2.05 bits per heavy atom. The van der Waals surface area contributed by atoms with E-state index in [1.165, 1.54) is 5.56 Å². The van der Waals surface area contributed by atoms with Gasteiger partial charge in [0.15, 0.2) is 0 Å². The minimum Gasteiger partial charge on any atom is -0.389 e. The number of hydrogen-bond acceptors (Lipinski definition) is 3. The number of hydrogen-bond donors (Lipinski definition) is 2. The first-order valence-electron chi connectivity index (χ1n) is 7.76. The summed E-state index contributed by atoms with van der Waals surface area (Å²) in [7, 11) is 0. The van der Waals surface area contributed by atoms with Crippen LogP contribution in [0.25, 0.3) is 0 Å². The lowest BCUT2D eigenvalue weighted by atomic mass is 9.79. The average molecular weight is 279 g/mol. The molecular weight excluding hydrogens is 250 g/mol. The topological polar surface area (TPSA) is 50.1 Å². The molecule has 0 radical (unpaired) electrons. The second-order valence-electron chi connectivity index (χ2n) is 7.47. The molecule has 20 heavy (non-hydrogen) atoms. The van der Waals surface area contributed by atoms with Crippen LogP contribution >= 0.6 is 0 Å². The van der Waals surface area contributed by atoms with Crippen molar-refractivity contribution < 1.29 is 5.11 Å². The van der Waals surface area contributed by atoms with Gasteiger partial charge in [-0.25, -0.2) is 0 Å². The van der Waals surface area contributed by atoms with Crippen molar-refractivity contribution in [2.45, 2.75) is 71.1 Å². The molecule has 114 valence electrons. The Morgan fingerprint density at radius 3 is 2.60 bits per heavy atom. The average Bonchev–Trinajstić information content (AvgIpc) is 2.82. The molecule has 0 atom stereocenters. The lowest BCUT2D eigenvalue weighted by molar-refractivity contribution is -0.00630. The summed E-state index contributed by atoms with van der Waals surface area (Å²) in [5.41, 5.74) is 0.690. The van der Waals surface area contributed by atoms with Crippen LogP contribution in [0.3, 0.4) is 0 Å². The third-order valence-corrected chi connectivity index (χ3v) is 4.31. The Morgan fingerprint density at radius 1 is 1.40 bits per heavy atom. The molecule has 4 nitrogen and oxygen atoms in total. The van der Waals surface area contributed by atoms with Gasteiger partial charge in [-0.05, 0) is 52.4 Å². The molecule has 1 heterocycles. The molecule has 0 bridgehead atoms. The predicted molar refractivity (Wildman–Crippen MR) is 81.5 cm³/mol.